The maximum absolute atomic E-state index is 12.7. The van der Waals surface area contributed by atoms with E-state index < -0.39 is 10.0 Å². The minimum absolute atomic E-state index is 0.0317. The van der Waals surface area contributed by atoms with Crippen LogP contribution in [0.2, 0.25) is 10.0 Å². The van der Waals surface area contributed by atoms with Crippen molar-refractivity contribution >= 4 is 44.8 Å². The van der Waals surface area contributed by atoms with Gasteiger partial charge in [-0.2, -0.15) is 4.31 Å². The average molecular weight is 359 g/mol. The van der Waals surface area contributed by atoms with Gasteiger partial charge in [-0.1, -0.05) is 37.0 Å². The third-order valence-corrected chi connectivity index (χ3v) is 5.77. The molecule has 0 atom stereocenters. The summed E-state index contributed by atoms with van der Waals surface area (Å²) >= 11 is 17.9. The van der Waals surface area contributed by atoms with Gasteiger partial charge < -0.3 is 0 Å². The zero-order chi connectivity index (χ0) is 15.3. The average Bonchev–Trinajstić information content (AvgIpc) is 2.40. The highest BCUT2D eigenvalue weighted by molar-refractivity contribution is 7.89. The van der Waals surface area contributed by atoms with Crippen molar-refractivity contribution in [3.05, 3.63) is 27.7 Å². The number of alkyl halides is 1. The van der Waals surface area contributed by atoms with Crippen LogP contribution in [0.5, 0.6) is 0 Å². The van der Waals surface area contributed by atoms with E-state index in [2.05, 4.69) is 0 Å². The van der Waals surface area contributed by atoms with Crippen LogP contribution < -0.4 is 0 Å². The van der Waals surface area contributed by atoms with E-state index in [9.17, 15) is 8.42 Å². The van der Waals surface area contributed by atoms with Crippen molar-refractivity contribution in [1.82, 2.24) is 4.31 Å². The Labute approximate surface area is 135 Å². The summed E-state index contributed by atoms with van der Waals surface area (Å²) in [6.07, 6.45) is 1.47. The minimum atomic E-state index is -3.65. The minimum Gasteiger partial charge on any atom is -0.207 e. The summed E-state index contributed by atoms with van der Waals surface area (Å²) in [7, 11) is -3.65. The molecule has 1 aromatic carbocycles. The number of benzene rings is 1. The van der Waals surface area contributed by atoms with Crippen LogP contribution in [0.3, 0.4) is 0 Å². The Bertz CT molecular complexity index is 555. The molecule has 20 heavy (non-hydrogen) atoms. The van der Waals surface area contributed by atoms with Gasteiger partial charge in [-0.05, 0) is 30.5 Å². The third kappa shape index (κ3) is 4.01. The number of sulfonamides is 1. The molecule has 0 fully saturated rings. The molecule has 0 saturated carbocycles. The van der Waals surface area contributed by atoms with Crippen molar-refractivity contribution in [2.75, 3.05) is 13.1 Å². The van der Waals surface area contributed by atoms with Crippen LogP contribution in [-0.2, 0) is 15.9 Å². The van der Waals surface area contributed by atoms with Crippen LogP contribution in [0, 0.1) is 0 Å². The number of hydrogen-bond donors (Lipinski definition) is 0. The zero-order valence-corrected chi connectivity index (χ0v) is 14.6. The van der Waals surface area contributed by atoms with Crippen LogP contribution in [0.25, 0.3) is 0 Å². The maximum atomic E-state index is 12.7. The smallest absolute Gasteiger partial charge is 0.207 e. The number of rotatable bonds is 7. The molecule has 0 spiro atoms. The van der Waals surface area contributed by atoms with Gasteiger partial charge in [0.25, 0.3) is 0 Å². The van der Waals surface area contributed by atoms with E-state index in [-0.39, 0.29) is 15.8 Å². The van der Waals surface area contributed by atoms with Crippen molar-refractivity contribution < 1.29 is 8.42 Å². The van der Waals surface area contributed by atoms with E-state index in [1.165, 1.54) is 10.4 Å². The van der Waals surface area contributed by atoms with Gasteiger partial charge in [-0.15, -0.1) is 11.6 Å². The van der Waals surface area contributed by atoms with E-state index in [0.29, 0.717) is 23.7 Å². The lowest BCUT2D eigenvalue weighted by Crippen LogP contribution is -2.32. The van der Waals surface area contributed by atoms with Crippen molar-refractivity contribution in [2.45, 2.75) is 37.5 Å². The molecule has 0 bridgehead atoms. The lowest BCUT2D eigenvalue weighted by atomic mass is 10.2. The topological polar surface area (TPSA) is 37.4 Å². The quantitative estimate of drug-likeness (QED) is 0.671. The van der Waals surface area contributed by atoms with Gasteiger partial charge in [0, 0.05) is 24.0 Å². The predicted molar refractivity (Wildman–Crippen MR) is 85.4 cm³/mol. The second-order valence-corrected chi connectivity index (χ2v) is 7.40. The molecule has 0 unspecified atom stereocenters. The van der Waals surface area contributed by atoms with Gasteiger partial charge in [-0.25, -0.2) is 8.42 Å². The summed E-state index contributed by atoms with van der Waals surface area (Å²) in [5.74, 6) is 0.115. The van der Waals surface area contributed by atoms with Crippen LogP contribution in [0.1, 0.15) is 32.3 Å². The van der Waals surface area contributed by atoms with Crippen molar-refractivity contribution in [3.63, 3.8) is 0 Å². The molecule has 0 aliphatic carbocycles. The first kappa shape index (κ1) is 18.1. The predicted octanol–water partition coefficient (Wildman–Crippen LogP) is 4.54. The fourth-order valence-electron chi connectivity index (χ4n) is 1.89. The molecule has 3 nitrogen and oxygen atoms in total. The molecular formula is C13H18Cl3NO2S. The Balaban J connectivity index is 3.36. The summed E-state index contributed by atoms with van der Waals surface area (Å²) < 4.78 is 26.8. The molecule has 0 heterocycles. The SMILES string of the molecule is CCCN(CCC)S(=O)(=O)c1cc(Cl)cc(CCl)c1Cl. The fourth-order valence-corrected chi connectivity index (χ4v) is 4.70. The van der Waals surface area contributed by atoms with Crippen LogP contribution >= 0.6 is 34.8 Å². The monoisotopic (exact) mass is 357 g/mol. The second kappa shape index (κ2) is 7.85. The van der Waals surface area contributed by atoms with Gasteiger partial charge in [0.1, 0.15) is 4.90 Å². The summed E-state index contributed by atoms with van der Waals surface area (Å²) in [4.78, 5) is 0.0317. The van der Waals surface area contributed by atoms with E-state index in [4.69, 9.17) is 34.8 Å². The van der Waals surface area contributed by atoms with Crippen LogP contribution in [0.15, 0.2) is 17.0 Å². The molecule has 0 aliphatic heterocycles. The molecule has 7 heteroatoms. The standard InChI is InChI=1S/C13H18Cl3NO2S/c1-3-5-17(6-4-2)20(18,19)12-8-11(15)7-10(9-14)13(12)16/h7-8H,3-6,9H2,1-2H3. The van der Waals surface area contributed by atoms with Crippen LogP contribution in [0.4, 0.5) is 0 Å². The van der Waals surface area contributed by atoms with Crippen LogP contribution in [-0.4, -0.2) is 25.8 Å². The third-order valence-electron chi connectivity index (χ3n) is 2.79. The second-order valence-electron chi connectivity index (χ2n) is 4.41. The van der Waals surface area contributed by atoms with E-state index in [1.807, 2.05) is 13.8 Å². The van der Waals surface area contributed by atoms with E-state index in [1.54, 1.807) is 6.07 Å². The molecular weight excluding hydrogens is 341 g/mol. The van der Waals surface area contributed by atoms with Gasteiger partial charge in [0.2, 0.25) is 10.0 Å². The lowest BCUT2D eigenvalue weighted by molar-refractivity contribution is 0.410. The molecule has 1 aromatic rings. The Hall–Kier alpha value is -0.000000000000000111. The van der Waals surface area contributed by atoms with Crippen molar-refractivity contribution in [3.8, 4) is 0 Å². The molecule has 0 amide bonds. The fraction of sp³-hybridized carbons (Fsp3) is 0.538. The first-order valence-electron chi connectivity index (χ1n) is 6.42. The summed E-state index contributed by atoms with van der Waals surface area (Å²) in [5, 5.41) is 0.471. The maximum Gasteiger partial charge on any atom is 0.244 e. The van der Waals surface area contributed by atoms with E-state index >= 15 is 0 Å². The van der Waals surface area contributed by atoms with Gasteiger partial charge in [0.15, 0.2) is 0 Å². The Kier molecular flexibility index (Phi) is 7.09. The van der Waals surface area contributed by atoms with Crippen molar-refractivity contribution in [2.24, 2.45) is 0 Å². The molecule has 1 rings (SSSR count). The zero-order valence-electron chi connectivity index (χ0n) is 11.5. The first-order valence-corrected chi connectivity index (χ1v) is 9.15. The molecule has 0 N–H and O–H groups in total. The number of hydrogen-bond acceptors (Lipinski definition) is 2. The van der Waals surface area contributed by atoms with Gasteiger partial charge >= 0.3 is 0 Å². The van der Waals surface area contributed by atoms with Crippen molar-refractivity contribution in [1.29, 1.82) is 0 Å². The van der Waals surface area contributed by atoms with Gasteiger partial charge in [0.05, 0.1) is 5.02 Å². The first-order chi connectivity index (χ1) is 9.38. The molecule has 114 valence electrons. The Morgan fingerprint density at radius 3 is 2.10 bits per heavy atom. The van der Waals surface area contributed by atoms with Gasteiger partial charge in [-0.3, -0.25) is 0 Å². The molecule has 0 aromatic heterocycles. The summed E-state index contributed by atoms with van der Waals surface area (Å²) in [5.41, 5.74) is 0.521. The normalized spacial score (nSPS) is 12.1. The molecule has 0 radical (unpaired) electrons. The lowest BCUT2D eigenvalue weighted by Gasteiger charge is -2.22. The molecule has 0 saturated heterocycles. The summed E-state index contributed by atoms with van der Waals surface area (Å²) in [6.45, 7) is 4.77. The number of nitrogens with zero attached hydrogens (tertiary/aromatic N) is 1. The summed E-state index contributed by atoms with van der Waals surface area (Å²) in [6, 6.07) is 2.97. The Morgan fingerprint density at radius 1 is 1.10 bits per heavy atom. The largest absolute Gasteiger partial charge is 0.244 e. The highest BCUT2D eigenvalue weighted by Crippen LogP contribution is 2.32. The number of halogens is 3. The van der Waals surface area contributed by atoms with E-state index in [0.717, 1.165) is 12.8 Å². The highest BCUT2D eigenvalue weighted by Gasteiger charge is 2.27. The molecule has 0 aliphatic rings. The highest BCUT2D eigenvalue weighted by atomic mass is 35.5. The Morgan fingerprint density at radius 2 is 1.65 bits per heavy atom.